The van der Waals surface area contributed by atoms with Gasteiger partial charge in [-0.3, -0.25) is 9.80 Å². The molecule has 25 heavy (non-hydrogen) atoms. The van der Waals surface area contributed by atoms with Gasteiger partial charge in [0.1, 0.15) is 5.58 Å². The molecule has 0 saturated carbocycles. The predicted octanol–water partition coefficient (Wildman–Crippen LogP) is 3.03. The largest absolute Gasteiger partial charge is 0.455 e. The third-order valence-electron chi connectivity index (χ3n) is 5.33. The number of rotatable bonds is 2. The molecule has 6 nitrogen and oxygen atoms in total. The van der Waals surface area contributed by atoms with E-state index in [0.717, 1.165) is 48.6 Å². The Balaban J connectivity index is 1.75. The number of guanidine groups is 1. The zero-order valence-electron chi connectivity index (χ0n) is 14.8. The molecule has 0 radical (unpaired) electrons. The number of halogens is 1. The molecule has 2 aliphatic rings. The lowest BCUT2D eigenvalue weighted by molar-refractivity contribution is 0.0227. The second kappa shape index (κ2) is 5.90. The fourth-order valence-corrected chi connectivity index (χ4v) is 4.03. The van der Waals surface area contributed by atoms with Crippen molar-refractivity contribution in [2.45, 2.75) is 32.5 Å². The molecule has 7 heteroatoms. The summed E-state index contributed by atoms with van der Waals surface area (Å²) < 4.78 is 6.20. The van der Waals surface area contributed by atoms with Gasteiger partial charge in [-0.05, 0) is 39.0 Å². The molecule has 0 spiro atoms. The van der Waals surface area contributed by atoms with E-state index >= 15 is 0 Å². The van der Waals surface area contributed by atoms with Crippen molar-refractivity contribution in [3.05, 3.63) is 29.0 Å². The summed E-state index contributed by atoms with van der Waals surface area (Å²) in [4.78, 5) is 9.56. The minimum absolute atomic E-state index is 0.406. The molecular formula is C18H24ClN5O. The van der Waals surface area contributed by atoms with Gasteiger partial charge in [0.25, 0.3) is 0 Å². The monoisotopic (exact) mass is 361 g/mol. The third-order valence-corrected chi connectivity index (χ3v) is 5.57. The number of hydrogen-bond acceptors (Lipinski definition) is 6. The minimum atomic E-state index is -0.612. The van der Waals surface area contributed by atoms with Crippen LogP contribution in [0.5, 0.6) is 0 Å². The normalized spacial score (nSPS) is 25.1. The van der Waals surface area contributed by atoms with Crippen molar-refractivity contribution in [1.29, 1.82) is 0 Å². The van der Waals surface area contributed by atoms with E-state index < -0.39 is 5.66 Å². The number of nitrogens with two attached hydrogens (primary N) is 1. The molecule has 1 fully saturated rings. The highest BCUT2D eigenvalue weighted by Gasteiger charge is 2.43. The van der Waals surface area contributed by atoms with Crippen LogP contribution in [0.15, 0.2) is 27.6 Å². The molecule has 0 aliphatic carbocycles. The van der Waals surface area contributed by atoms with Crippen LogP contribution < -0.4 is 11.1 Å². The molecule has 4 rings (SSSR count). The Morgan fingerprint density at radius 1 is 1.28 bits per heavy atom. The van der Waals surface area contributed by atoms with Gasteiger partial charge in [-0.2, -0.15) is 0 Å². The van der Waals surface area contributed by atoms with E-state index in [1.165, 1.54) is 0 Å². The van der Waals surface area contributed by atoms with Gasteiger partial charge in [0.15, 0.2) is 17.4 Å². The van der Waals surface area contributed by atoms with Gasteiger partial charge in [0, 0.05) is 42.6 Å². The summed E-state index contributed by atoms with van der Waals surface area (Å²) in [6.45, 7) is 10.4. The zero-order valence-corrected chi connectivity index (χ0v) is 15.6. The Morgan fingerprint density at radius 3 is 2.68 bits per heavy atom. The van der Waals surface area contributed by atoms with Crippen LogP contribution in [0.3, 0.4) is 0 Å². The van der Waals surface area contributed by atoms with E-state index in [-0.39, 0.29) is 0 Å². The first-order valence-corrected chi connectivity index (χ1v) is 9.10. The van der Waals surface area contributed by atoms with Crippen molar-refractivity contribution in [2.24, 2.45) is 10.7 Å². The van der Waals surface area contributed by atoms with Crippen LogP contribution in [0.25, 0.3) is 11.0 Å². The van der Waals surface area contributed by atoms with E-state index in [2.05, 4.69) is 35.9 Å². The molecule has 3 heterocycles. The zero-order chi connectivity index (χ0) is 17.8. The van der Waals surface area contributed by atoms with Crippen LogP contribution in [0.1, 0.15) is 26.5 Å². The molecule has 134 valence electrons. The molecule has 2 aliphatic heterocycles. The number of furan rings is 1. The van der Waals surface area contributed by atoms with Gasteiger partial charge >= 0.3 is 0 Å². The van der Waals surface area contributed by atoms with Crippen molar-refractivity contribution in [3.8, 4) is 0 Å². The average Bonchev–Trinajstić information content (AvgIpc) is 2.93. The summed E-state index contributed by atoms with van der Waals surface area (Å²) in [5.74, 6) is 1.21. The minimum Gasteiger partial charge on any atom is -0.455 e. The number of piperazine rings is 1. The van der Waals surface area contributed by atoms with Crippen LogP contribution >= 0.6 is 11.6 Å². The van der Waals surface area contributed by atoms with Crippen molar-refractivity contribution in [3.63, 3.8) is 0 Å². The summed E-state index contributed by atoms with van der Waals surface area (Å²) in [6.07, 6.45) is 0. The van der Waals surface area contributed by atoms with Crippen LogP contribution in [-0.4, -0.2) is 48.0 Å². The standard InChI is InChI=1S/C18H24ClN5O/c1-11(2)23-6-8-24(9-7-23)18(3)16-15(21-17(20)22-18)13-10-12(19)4-5-14(13)25-16/h4-5,10-11H,6-9H2,1-3H3,(H3,20,21,22). The van der Waals surface area contributed by atoms with Crippen molar-refractivity contribution in [2.75, 3.05) is 31.5 Å². The summed E-state index contributed by atoms with van der Waals surface area (Å²) in [5.41, 5.74) is 7.18. The Labute approximate surface area is 152 Å². The van der Waals surface area contributed by atoms with Gasteiger partial charge < -0.3 is 15.5 Å². The molecule has 0 bridgehead atoms. The number of fused-ring (bicyclic) bond motifs is 3. The summed E-state index contributed by atoms with van der Waals surface area (Å²) in [6, 6.07) is 6.19. The maximum Gasteiger partial charge on any atom is 0.195 e. The average molecular weight is 362 g/mol. The Morgan fingerprint density at radius 2 is 2.00 bits per heavy atom. The maximum absolute atomic E-state index is 6.20. The van der Waals surface area contributed by atoms with Crippen LogP contribution in [-0.2, 0) is 5.66 Å². The smallest absolute Gasteiger partial charge is 0.195 e. The molecular weight excluding hydrogens is 338 g/mol. The molecule has 2 aromatic rings. The molecule has 1 aromatic carbocycles. The molecule has 3 N–H and O–H groups in total. The lowest BCUT2D eigenvalue weighted by atomic mass is 10.0. The quantitative estimate of drug-likeness (QED) is 0.860. The molecule has 1 atom stereocenters. The summed E-state index contributed by atoms with van der Waals surface area (Å²) in [5, 5.41) is 4.78. The van der Waals surface area contributed by atoms with Crippen molar-refractivity contribution < 1.29 is 4.42 Å². The highest BCUT2D eigenvalue weighted by molar-refractivity contribution is 6.31. The van der Waals surface area contributed by atoms with Gasteiger partial charge in [-0.15, -0.1) is 0 Å². The number of nitrogens with one attached hydrogen (secondary N) is 1. The molecule has 0 amide bonds. The SMILES string of the molecule is CC(C)N1CCN(C2(C)N=C(N)Nc3c2oc2ccc(Cl)cc32)CC1. The first-order chi connectivity index (χ1) is 11.9. The van der Waals surface area contributed by atoms with E-state index in [1.54, 1.807) is 0 Å². The second-order valence-electron chi connectivity index (χ2n) is 7.21. The highest BCUT2D eigenvalue weighted by Crippen LogP contribution is 2.44. The van der Waals surface area contributed by atoms with Crippen LogP contribution in [0, 0.1) is 0 Å². The Bertz CT molecular complexity index is 837. The van der Waals surface area contributed by atoms with Gasteiger partial charge in [0.05, 0.1) is 5.69 Å². The molecule has 1 aromatic heterocycles. The molecule has 1 saturated heterocycles. The van der Waals surface area contributed by atoms with E-state index in [4.69, 9.17) is 26.7 Å². The predicted molar refractivity (Wildman–Crippen MR) is 102 cm³/mol. The number of aliphatic imine (C=N–C) groups is 1. The van der Waals surface area contributed by atoms with Gasteiger partial charge in [-0.1, -0.05) is 11.6 Å². The first kappa shape index (κ1) is 16.7. The lowest BCUT2D eigenvalue weighted by Crippen LogP contribution is -2.56. The van der Waals surface area contributed by atoms with Crippen molar-refractivity contribution >= 4 is 34.2 Å². The third kappa shape index (κ3) is 2.69. The Kier molecular flexibility index (Phi) is 3.94. The number of benzene rings is 1. The van der Waals surface area contributed by atoms with Crippen LogP contribution in [0.2, 0.25) is 5.02 Å². The summed E-state index contributed by atoms with van der Waals surface area (Å²) >= 11 is 6.17. The maximum atomic E-state index is 6.20. The number of anilines is 1. The van der Waals surface area contributed by atoms with Gasteiger partial charge in [0.2, 0.25) is 0 Å². The van der Waals surface area contributed by atoms with E-state index in [9.17, 15) is 0 Å². The van der Waals surface area contributed by atoms with Crippen LogP contribution in [0.4, 0.5) is 5.69 Å². The molecule has 1 unspecified atom stereocenters. The summed E-state index contributed by atoms with van der Waals surface area (Å²) in [7, 11) is 0. The van der Waals surface area contributed by atoms with E-state index in [0.29, 0.717) is 17.0 Å². The highest BCUT2D eigenvalue weighted by atomic mass is 35.5. The number of hydrogen-bond donors (Lipinski definition) is 2. The topological polar surface area (TPSA) is 70.0 Å². The fourth-order valence-electron chi connectivity index (χ4n) is 3.86. The van der Waals surface area contributed by atoms with Crippen molar-refractivity contribution in [1.82, 2.24) is 9.80 Å². The first-order valence-electron chi connectivity index (χ1n) is 8.72. The van der Waals surface area contributed by atoms with Gasteiger partial charge in [-0.25, -0.2) is 4.99 Å². The van der Waals surface area contributed by atoms with E-state index in [1.807, 2.05) is 18.2 Å². The fraction of sp³-hybridized carbons (Fsp3) is 0.500. The lowest BCUT2D eigenvalue weighted by Gasteiger charge is -2.45. The number of nitrogens with zero attached hydrogens (tertiary/aromatic N) is 3. The Hall–Kier alpha value is -1.76. The second-order valence-corrected chi connectivity index (χ2v) is 7.64.